The zero-order chi connectivity index (χ0) is 25.7. The van der Waals surface area contributed by atoms with Crippen molar-refractivity contribution in [3.8, 4) is 16.2 Å². The highest BCUT2D eigenvalue weighted by atomic mass is 32.1. The number of thiophene rings is 1. The fourth-order valence-corrected chi connectivity index (χ4v) is 7.18. The molecule has 2 aromatic heterocycles. The first kappa shape index (κ1) is 24.0. The van der Waals surface area contributed by atoms with E-state index in [1.165, 1.54) is 23.1 Å². The third-order valence-corrected chi connectivity index (χ3v) is 9.14. The van der Waals surface area contributed by atoms with Crippen LogP contribution in [0.15, 0.2) is 23.1 Å². The summed E-state index contributed by atoms with van der Waals surface area (Å²) < 4.78 is 5.90. The van der Waals surface area contributed by atoms with E-state index >= 15 is 0 Å². The minimum absolute atomic E-state index is 0.0167. The number of carboxylic acid groups (broad SMARTS) is 1. The Bertz CT molecular complexity index is 1450. The van der Waals surface area contributed by atoms with Crippen LogP contribution < -0.4 is 15.5 Å². The second kappa shape index (κ2) is 9.52. The summed E-state index contributed by atoms with van der Waals surface area (Å²) in [6, 6.07) is 4.07. The number of hydrogen-bond donors (Lipinski definition) is 3. The summed E-state index contributed by atoms with van der Waals surface area (Å²) in [6.45, 7) is 1.64. The van der Waals surface area contributed by atoms with Gasteiger partial charge in [0.2, 0.25) is 5.43 Å². The topological polar surface area (TPSA) is 112 Å². The van der Waals surface area contributed by atoms with Crippen molar-refractivity contribution in [2.75, 3.05) is 20.2 Å². The van der Waals surface area contributed by atoms with Gasteiger partial charge in [-0.2, -0.15) is 0 Å². The number of carbonyl (C=O) groups excluding carboxylic acids is 1. The lowest BCUT2D eigenvalue weighted by atomic mass is 9.92. The Morgan fingerprint density at radius 1 is 1.11 bits per heavy atom. The van der Waals surface area contributed by atoms with Crippen LogP contribution in [0, 0.1) is 0 Å². The lowest BCUT2D eigenvalue weighted by molar-refractivity contribution is 0.0695. The zero-order valence-corrected chi connectivity index (χ0v) is 21.7. The number of methoxy groups -OCH3 is 1. The van der Waals surface area contributed by atoms with E-state index in [9.17, 15) is 19.5 Å². The van der Waals surface area contributed by atoms with E-state index in [1.54, 1.807) is 18.4 Å². The van der Waals surface area contributed by atoms with E-state index in [2.05, 4.69) is 16.4 Å². The molecule has 3 aromatic rings. The summed E-state index contributed by atoms with van der Waals surface area (Å²) in [4.78, 5) is 44.9. The van der Waals surface area contributed by atoms with Crippen LogP contribution in [0.3, 0.4) is 0 Å². The van der Waals surface area contributed by atoms with E-state index in [4.69, 9.17) is 4.74 Å². The number of likely N-dealkylation sites (tertiary alicyclic amines) is 1. The molecule has 1 aliphatic heterocycles. The average molecular weight is 522 g/mol. The van der Waals surface area contributed by atoms with Crippen LogP contribution in [-0.4, -0.2) is 47.2 Å². The average Bonchev–Trinajstić information content (AvgIpc) is 3.66. The van der Waals surface area contributed by atoms with Gasteiger partial charge < -0.3 is 25.0 Å². The number of aromatic nitrogens is 1. The van der Waals surface area contributed by atoms with E-state index in [0.717, 1.165) is 74.0 Å². The van der Waals surface area contributed by atoms with Crippen LogP contribution in [0.2, 0.25) is 0 Å². The number of aromatic amines is 1. The maximum Gasteiger partial charge on any atom is 0.341 e. The molecule has 0 spiro atoms. The molecule has 194 valence electrons. The normalized spacial score (nSPS) is 19.5. The minimum atomic E-state index is -1.25. The number of carbonyl (C=O) groups is 2. The highest BCUT2D eigenvalue weighted by Gasteiger charge is 2.33. The maximum atomic E-state index is 13.0. The first-order valence-electron chi connectivity index (χ1n) is 13.1. The third-order valence-electron chi connectivity index (χ3n) is 7.91. The van der Waals surface area contributed by atoms with Gasteiger partial charge in [-0.3, -0.25) is 4.79 Å². The molecule has 6 rings (SSSR count). The number of urea groups is 1. The summed E-state index contributed by atoms with van der Waals surface area (Å²) in [5.41, 5.74) is 2.91. The number of H-pyrrole nitrogens is 1. The number of benzene rings is 1. The molecule has 3 aliphatic rings. The van der Waals surface area contributed by atoms with Crippen LogP contribution in [0.1, 0.15) is 83.3 Å². The SMILES string of the molecule is COc1c(-c2cc3c(s2)CCCC3NC(=O)N2CCCCC2)c(C2CC2)cc2c(=O)c(C(=O)O)c[nH]c12. The Labute approximate surface area is 218 Å². The summed E-state index contributed by atoms with van der Waals surface area (Å²) >= 11 is 1.73. The van der Waals surface area contributed by atoms with Crippen LogP contribution in [0.5, 0.6) is 5.75 Å². The van der Waals surface area contributed by atoms with Crippen molar-refractivity contribution >= 4 is 34.2 Å². The van der Waals surface area contributed by atoms with E-state index < -0.39 is 11.4 Å². The number of ether oxygens (including phenoxy) is 1. The van der Waals surface area contributed by atoms with E-state index in [-0.39, 0.29) is 17.6 Å². The number of aryl methyl sites for hydroxylation is 1. The van der Waals surface area contributed by atoms with Crippen molar-refractivity contribution in [2.24, 2.45) is 0 Å². The molecule has 1 atom stereocenters. The quantitative estimate of drug-likeness (QED) is 0.415. The fourth-order valence-electron chi connectivity index (χ4n) is 5.85. The van der Waals surface area contributed by atoms with Crippen molar-refractivity contribution in [3.63, 3.8) is 0 Å². The molecule has 1 unspecified atom stereocenters. The van der Waals surface area contributed by atoms with Crippen LogP contribution in [0.4, 0.5) is 4.79 Å². The highest BCUT2D eigenvalue weighted by molar-refractivity contribution is 7.15. The van der Waals surface area contributed by atoms with Crippen LogP contribution in [0.25, 0.3) is 21.3 Å². The number of pyridine rings is 1. The number of nitrogens with zero attached hydrogens (tertiary/aromatic N) is 1. The zero-order valence-electron chi connectivity index (χ0n) is 20.9. The van der Waals surface area contributed by atoms with Gasteiger partial charge in [0.25, 0.3) is 0 Å². The van der Waals surface area contributed by atoms with Gasteiger partial charge >= 0.3 is 12.0 Å². The third kappa shape index (κ3) is 4.29. The van der Waals surface area contributed by atoms with Crippen molar-refractivity contribution < 1.29 is 19.4 Å². The molecule has 3 heterocycles. The van der Waals surface area contributed by atoms with Crippen LogP contribution in [-0.2, 0) is 6.42 Å². The standard InChI is InChI=1S/C28H31N3O5S/c1-36-26-23(16(15-8-9-15)12-18-24(26)29-14-19(25(18)32)27(33)34)22-13-17-20(6-5-7-21(17)37-22)30-28(35)31-10-3-2-4-11-31/h12-15,20H,2-11H2,1H3,(H,29,32)(H,30,35)(H,33,34). The molecule has 0 bridgehead atoms. The van der Waals surface area contributed by atoms with Gasteiger partial charge in [0.15, 0.2) is 5.75 Å². The molecule has 1 aromatic carbocycles. The highest BCUT2D eigenvalue weighted by Crippen LogP contribution is 2.52. The molecule has 2 amide bonds. The number of nitrogens with one attached hydrogen (secondary N) is 2. The number of aromatic carboxylic acids is 1. The summed E-state index contributed by atoms with van der Waals surface area (Å²) in [7, 11) is 1.59. The van der Waals surface area contributed by atoms with Gasteiger partial charge in [-0.05, 0) is 80.5 Å². The number of fused-ring (bicyclic) bond motifs is 2. The fraction of sp³-hybridized carbons (Fsp3) is 0.464. The lowest BCUT2D eigenvalue weighted by Gasteiger charge is -2.30. The van der Waals surface area contributed by atoms with Gasteiger partial charge in [-0.15, -0.1) is 11.3 Å². The number of hydrogen-bond acceptors (Lipinski definition) is 5. The van der Waals surface area contributed by atoms with Gasteiger partial charge in [-0.1, -0.05) is 0 Å². The Balaban J connectivity index is 1.43. The van der Waals surface area contributed by atoms with Crippen molar-refractivity contribution in [2.45, 2.75) is 63.3 Å². The van der Waals surface area contributed by atoms with E-state index in [0.29, 0.717) is 22.6 Å². The summed E-state index contributed by atoms with van der Waals surface area (Å²) in [5, 5.41) is 13.1. The van der Waals surface area contributed by atoms with Gasteiger partial charge in [-0.25, -0.2) is 9.59 Å². The first-order chi connectivity index (χ1) is 18.0. The molecule has 1 saturated carbocycles. The molecule has 1 saturated heterocycles. The van der Waals surface area contributed by atoms with Crippen molar-refractivity contribution in [3.05, 3.63) is 50.1 Å². The smallest absolute Gasteiger partial charge is 0.341 e. The number of carboxylic acids is 1. The van der Waals surface area contributed by atoms with Crippen molar-refractivity contribution in [1.82, 2.24) is 15.2 Å². The molecule has 3 N–H and O–H groups in total. The van der Waals surface area contributed by atoms with E-state index in [1.807, 2.05) is 11.0 Å². The maximum absolute atomic E-state index is 13.0. The molecule has 2 fully saturated rings. The van der Waals surface area contributed by atoms with Gasteiger partial charge in [0, 0.05) is 34.6 Å². The molecule has 2 aliphatic carbocycles. The van der Waals surface area contributed by atoms with Crippen molar-refractivity contribution in [1.29, 1.82) is 0 Å². The number of rotatable bonds is 5. The minimum Gasteiger partial charge on any atom is -0.494 e. The Kier molecular flexibility index (Phi) is 6.18. The Morgan fingerprint density at radius 3 is 2.59 bits per heavy atom. The van der Waals surface area contributed by atoms with Gasteiger partial charge in [0.1, 0.15) is 5.56 Å². The molecule has 8 nitrogen and oxygen atoms in total. The predicted molar refractivity (Wildman–Crippen MR) is 143 cm³/mol. The summed E-state index contributed by atoms with van der Waals surface area (Å²) in [6.07, 6.45) is 9.53. The lowest BCUT2D eigenvalue weighted by Crippen LogP contribution is -2.44. The first-order valence-corrected chi connectivity index (χ1v) is 14.0. The van der Waals surface area contributed by atoms with Crippen LogP contribution >= 0.6 is 11.3 Å². The molecule has 37 heavy (non-hydrogen) atoms. The Hall–Kier alpha value is -3.33. The van der Waals surface area contributed by atoms with Gasteiger partial charge in [0.05, 0.1) is 24.1 Å². The molecule has 9 heteroatoms. The second-order valence-electron chi connectivity index (χ2n) is 10.3. The monoisotopic (exact) mass is 521 g/mol. The number of piperidine rings is 1. The molecular weight excluding hydrogens is 490 g/mol. The Morgan fingerprint density at radius 2 is 1.89 bits per heavy atom. The summed E-state index contributed by atoms with van der Waals surface area (Å²) in [5.74, 6) is -0.362. The second-order valence-corrected chi connectivity index (χ2v) is 11.5. The molecular formula is C28H31N3O5S. The molecule has 0 radical (unpaired) electrons. The number of amides is 2. The largest absolute Gasteiger partial charge is 0.494 e. The predicted octanol–water partition coefficient (Wildman–Crippen LogP) is 5.41.